The molecule has 1 aromatic carbocycles. The molecule has 0 saturated carbocycles. The van der Waals surface area contributed by atoms with Gasteiger partial charge in [0.2, 0.25) is 0 Å². The summed E-state index contributed by atoms with van der Waals surface area (Å²) < 4.78 is 1.01. The summed E-state index contributed by atoms with van der Waals surface area (Å²) in [5.74, 6) is 0.174. The smallest absolute Gasteiger partial charge is 0.254 e. The van der Waals surface area contributed by atoms with E-state index in [9.17, 15) is 4.79 Å². The number of rotatable bonds is 1. The highest BCUT2D eigenvalue weighted by Gasteiger charge is 2.31. The van der Waals surface area contributed by atoms with Gasteiger partial charge in [-0.1, -0.05) is 22.0 Å². The number of amides is 1. The number of likely N-dealkylation sites (tertiary alicyclic amines) is 1. The predicted octanol–water partition coefficient (Wildman–Crippen LogP) is 2.72. The van der Waals surface area contributed by atoms with Crippen LogP contribution in [0.2, 0.25) is 0 Å². The zero-order chi connectivity index (χ0) is 13.4. The highest BCUT2D eigenvalue weighted by atomic mass is 79.9. The normalized spacial score (nSPS) is 26.3. The van der Waals surface area contributed by atoms with Gasteiger partial charge in [0, 0.05) is 35.2 Å². The molecule has 2 heterocycles. The minimum Gasteiger partial charge on any atom is -0.337 e. The summed E-state index contributed by atoms with van der Waals surface area (Å²) in [5, 5.41) is 3.61. The number of hydrogen-bond acceptors (Lipinski definition) is 2. The minimum absolute atomic E-state index is 0.174. The van der Waals surface area contributed by atoms with Crippen LogP contribution in [0.3, 0.4) is 0 Å². The van der Waals surface area contributed by atoms with Crippen molar-refractivity contribution in [3.8, 4) is 0 Å². The average molecular weight is 323 g/mol. The molecular formula is C15H19BrN2O. The third kappa shape index (κ3) is 2.56. The van der Waals surface area contributed by atoms with E-state index >= 15 is 0 Å². The molecule has 3 nitrogen and oxygen atoms in total. The first kappa shape index (κ1) is 13.1. The van der Waals surface area contributed by atoms with Crippen molar-refractivity contribution in [1.29, 1.82) is 0 Å². The average Bonchev–Trinajstić information content (AvgIpc) is 2.72. The molecule has 2 atom stereocenters. The SMILES string of the molecule is Cc1c(Br)cccc1C(=O)N1CCC2CCC(C1)N2. The standard InChI is InChI=1S/C15H19BrN2O/c1-10-13(3-2-4-14(10)16)15(19)18-8-7-11-5-6-12(9-18)17-11/h2-4,11-12,17H,5-9H2,1H3. The number of fused-ring (bicyclic) bond motifs is 2. The van der Waals surface area contributed by atoms with Gasteiger partial charge in [-0.2, -0.15) is 0 Å². The van der Waals surface area contributed by atoms with Crippen molar-refractivity contribution in [2.45, 2.75) is 38.3 Å². The second-order valence-corrected chi connectivity index (χ2v) is 6.44. The molecule has 1 amide bonds. The lowest BCUT2D eigenvalue weighted by atomic mass is 10.0. The quantitative estimate of drug-likeness (QED) is 0.862. The fourth-order valence-corrected chi connectivity index (χ4v) is 3.50. The first-order valence-corrected chi connectivity index (χ1v) is 7.75. The van der Waals surface area contributed by atoms with E-state index in [1.807, 2.05) is 30.0 Å². The molecule has 0 spiro atoms. The van der Waals surface area contributed by atoms with E-state index in [4.69, 9.17) is 0 Å². The first-order chi connectivity index (χ1) is 9.15. The lowest BCUT2D eigenvalue weighted by Gasteiger charge is -2.25. The summed E-state index contributed by atoms with van der Waals surface area (Å²) in [5.41, 5.74) is 1.86. The summed E-state index contributed by atoms with van der Waals surface area (Å²) in [6, 6.07) is 6.96. The van der Waals surface area contributed by atoms with E-state index in [2.05, 4.69) is 21.2 Å². The second kappa shape index (κ2) is 5.25. The molecular weight excluding hydrogens is 304 g/mol. The number of nitrogens with zero attached hydrogens (tertiary/aromatic N) is 1. The summed E-state index contributed by atoms with van der Waals surface area (Å²) in [6.07, 6.45) is 3.55. The Hall–Kier alpha value is -0.870. The Labute approximate surface area is 122 Å². The van der Waals surface area contributed by atoms with Crippen molar-refractivity contribution < 1.29 is 4.79 Å². The van der Waals surface area contributed by atoms with Crippen molar-refractivity contribution in [1.82, 2.24) is 10.2 Å². The number of halogens is 1. The summed E-state index contributed by atoms with van der Waals surface area (Å²) in [6.45, 7) is 3.72. The minimum atomic E-state index is 0.174. The number of carbonyl (C=O) groups is 1. The summed E-state index contributed by atoms with van der Waals surface area (Å²) >= 11 is 3.50. The van der Waals surface area contributed by atoms with Crippen LogP contribution in [0.25, 0.3) is 0 Å². The number of hydrogen-bond donors (Lipinski definition) is 1. The van der Waals surface area contributed by atoms with Crippen molar-refractivity contribution in [2.24, 2.45) is 0 Å². The molecule has 1 aromatic rings. The van der Waals surface area contributed by atoms with Gasteiger partial charge in [0.1, 0.15) is 0 Å². The van der Waals surface area contributed by atoms with Gasteiger partial charge in [-0.05, 0) is 43.9 Å². The molecule has 1 N–H and O–H groups in total. The van der Waals surface area contributed by atoms with Crippen LogP contribution in [-0.2, 0) is 0 Å². The highest BCUT2D eigenvalue weighted by Crippen LogP contribution is 2.24. The largest absolute Gasteiger partial charge is 0.337 e. The molecule has 3 rings (SSSR count). The molecule has 2 saturated heterocycles. The van der Waals surface area contributed by atoms with Gasteiger partial charge >= 0.3 is 0 Å². The fourth-order valence-electron chi connectivity index (χ4n) is 3.14. The van der Waals surface area contributed by atoms with Gasteiger partial charge in [0.05, 0.1) is 0 Å². The Morgan fingerprint density at radius 2 is 2.11 bits per heavy atom. The fraction of sp³-hybridized carbons (Fsp3) is 0.533. The second-order valence-electron chi connectivity index (χ2n) is 5.59. The van der Waals surface area contributed by atoms with Gasteiger partial charge in [-0.3, -0.25) is 4.79 Å². The molecule has 2 fully saturated rings. The van der Waals surface area contributed by atoms with Gasteiger partial charge in [-0.25, -0.2) is 0 Å². The molecule has 0 aromatic heterocycles. The van der Waals surface area contributed by atoms with E-state index in [0.29, 0.717) is 12.1 Å². The van der Waals surface area contributed by atoms with Crippen LogP contribution >= 0.6 is 15.9 Å². The Balaban J connectivity index is 1.81. The van der Waals surface area contributed by atoms with Crippen molar-refractivity contribution in [3.63, 3.8) is 0 Å². The molecule has 2 bridgehead atoms. The van der Waals surface area contributed by atoms with Gasteiger partial charge in [0.15, 0.2) is 0 Å². The molecule has 0 aliphatic carbocycles. The topological polar surface area (TPSA) is 32.3 Å². The molecule has 4 heteroatoms. The first-order valence-electron chi connectivity index (χ1n) is 6.95. The maximum absolute atomic E-state index is 12.7. The Morgan fingerprint density at radius 3 is 2.95 bits per heavy atom. The monoisotopic (exact) mass is 322 g/mol. The van der Waals surface area contributed by atoms with Crippen LogP contribution in [0.5, 0.6) is 0 Å². The van der Waals surface area contributed by atoms with E-state index < -0.39 is 0 Å². The summed E-state index contributed by atoms with van der Waals surface area (Å²) in [7, 11) is 0. The van der Waals surface area contributed by atoms with E-state index in [-0.39, 0.29) is 5.91 Å². The van der Waals surface area contributed by atoms with Gasteiger partial charge < -0.3 is 10.2 Å². The molecule has 2 unspecified atom stereocenters. The molecule has 102 valence electrons. The van der Waals surface area contributed by atoms with Crippen LogP contribution in [0.4, 0.5) is 0 Å². The lowest BCUT2D eigenvalue weighted by molar-refractivity contribution is 0.0747. The number of benzene rings is 1. The molecule has 2 aliphatic rings. The van der Waals surface area contributed by atoms with Crippen LogP contribution in [0.1, 0.15) is 35.2 Å². The lowest BCUT2D eigenvalue weighted by Crippen LogP contribution is -2.39. The third-order valence-electron chi connectivity index (χ3n) is 4.31. The Kier molecular flexibility index (Phi) is 3.63. The highest BCUT2D eigenvalue weighted by molar-refractivity contribution is 9.10. The van der Waals surface area contributed by atoms with Crippen molar-refractivity contribution >= 4 is 21.8 Å². The van der Waals surface area contributed by atoms with E-state index in [1.54, 1.807) is 0 Å². The van der Waals surface area contributed by atoms with Crippen LogP contribution in [0.15, 0.2) is 22.7 Å². The number of nitrogens with one attached hydrogen (secondary N) is 1. The van der Waals surface area contributed by atoms with Gasteiger partial charge in [-0.15, -0.1) is 0 Å². The van der Waals surface area contributed by atoms with Crippen LogP contribution < -0.4 is 5.32 Å². The maximum Gasteiger partial charge on any atom is 0.254 e. The van der Waals surface area contributed by atoms with E-state index in [1.165, 1.54) is 12.8 Å². The molecule has 2 aliphatic heterocycles. The van der Waals surface area contributed by atoms with Crippen LogP contribution in [-0.4, -0.2) is 36.0 Å². The molecule has 19 heavy (non-hydrogen) atoms. The molecule has 0 radical (unpaired) electrons. The van der Waals surface area contributed by atoms with E-state index in [0.717, 1.165) is 35.1 Å². The Morgan fingerprint density at radius 1 is 1.32 bits per heavy atom. The maximum atomic E-state index is 12.7. The predicted molar refractivity (Wildman–Crippen MR) is 79.3 cm³/mol. The Bertz CT molecular complexity index is 503. The zero-order valence-electron chi connectivity index (χ0n) is 11.2. The van der Waals surface area contributed by atoms with Gasteiger partial charge in [0.25, 0.3) is 5.91 Å². The third-order valence-corrected chi connectivity index (χ3v) is 5.17. The van der Waals surface area contributed by atoms with Crippen molar-refractivity contribution in [2.75, 3.05) is 13.1 Å². The zero-order valence-corrected chi connectivity index (χ0v) is 12.7. The van der Waals surface area contributed by atoms with Crippen LogP contribution in [0, 0.1) is 6.92 Å². The van der Waals surface area contributed by atoms with Crippen molar-refractivity contribution in [3.05, 3.63) is 33.8 Å². The number of carbonyl (C=O) groups excluding carboxylic acids is 1. The summed E-state index contributed by atoms with van der Waals surface area (Å²) in [4.78, 5) is 14.7.